The van der Waals surface area contributed by atoms with Crippen molar-refractivity contribution in [3.63, 3.8) is 0 Å². The van der Waals surface area contributed by atoms with Crippen LogP contribution in [0.4, 0.5) is 0 Å². The van der Waals surface area contributed by atoms with Crippen molar-refractivity contribution in [1.29, 1.82) is 0 Å². The van der Waals surface area contributed by atoms with E-state index in [1.807, 2.05) is 13.8 Å². The molecule has 1 rings (SSSR count). The molecular weight excluding hydrogens is 495 g/mol. The van der Waals surface area contributed by atoms with Crippen molar-refractivity contribution in [3.05, 3.63) is 29.8 Å². The quantitative estimate of drug-likeness (QED) is 0.182. The Labute approximate surface area is 209 Å². The van der Waals surface area contributed by atoms with Crippen LogP contribution in [0.15, 0.2) is 29.2 Å². The third-order valence-electron chi connectivity index (χ3n) is 3.45. The highest BCUT2D eigenvalue weighted by atomic mass is 35.5. The van der Waals surface area contributed by atoms with Crippen LogP contribution < -0.4 is 0 Å². The molecule has 11 heteroatoms. The smallest absolute Gasteiger partial charge is 0.297 e. The molecule has 0 atom stereocenters. The molecule has 0 amide bonds. The van der Waals surface area contributed by atoms with Gasteiger partial charge in [-0.1, -0.05) is 31.5 Å². The van der Waals surface area contributed by atoms with E-state index in [4.69, 9.17) is 51.4 Å². The lowest BCUT2D eigenvalue weighted by Gasteiger charge is -2.07. The predicted octanol–water partition coefficient (Wildman–Crippen LogP) is 3.99. The van der Waals surface area contributed by atoms with Crippen molar-refractivity contribution >= 4 is 33.3 Å². The first-order valence-electron chi connectivity index (χ1n) is 10.9. The zero-order valence-corrected chi connectivity index (χ0v) is 22.3. The van der Waals surface area contributed by atoms with E-state index < -0.39 is 10.1 Å². The molecule has 0 unspecified atom stereocenters. The van der Waals surface area contributed by atoms with Crippen molar-refractivity contribution in [2.45, 2.75) is 38.5 Å². The van der Waals surface area contributed by atoms with Crippen LogP contribution in [0.5, 0.6) is 0 Å². The molecule has 0 heterocycles. The first kappa shape index (κ1) is 34.7. The Morgan fingerprint density at radius 3 is 1.55 bits per heavy atom. The van der Waals surface area contributed by atoms with E-state index in [9.17, 15) is 8.42 Å². The first-order valence-corrected chi connectivity index (χ1v) is 13.4. The molecule has 1 N–H and O–H groups in total. The van der Waals surface area contributed by atoms with Gasteiger partial charge in [0.15, 0.2) is 0 Å². The van der Waals surface area contributed by atoms with Crippen LogP contribution in [0.3, 0.4) is 0 Å². The van der Waals surface area contributed by atoms with Crippen LogP contribution in [0.2, 0.25) is 0 Å². The summed E-state index contributed by atoms with van der Waals surface area (Å²) in [6.45, 7) is 10.4. The molecule has 33 heavy (non-hydrogen) atoms. The highest BCUT2D eigenvalue weighted by Crippen LogP contribution is 2.12. The lowest BCUT2D eigenvalue weighted by Crippen LogP contribution is -2.13. The third kappa shape index (κ3) is 24.4. The summed E-state index contributed by atoms with van der Waals surface area (Å²) in [6.07, 6.45) is 2.01. The zero-order chi connectivity index (χ0) is 25.2. The monoisotopic (exact) mass is 534 g/mol. The summed E-state index contributed by atoms with van der Waals surface area (Å²) >= 11 is 9.53. The predicted molar refractivity (Wildman–Crippen MR) is 132 cm³/mol. The minimum atomic E-state index is -3.69. The highest BCUT2D eigenvalue weighted by Gasteiger charge is 2.14. The molecule has 8 nitrogen and oxygen atoms in total. The Kier molecular flexibility index (Phi) is 27.4. The summed E-state index contributed by atoms with van der Waals surface area (Å²) in [5.74, 6) is 0. The molecule has 0 spiro atoms. The number of aryl methyl sites for hydroxylation is 1. The number of ether oxygens (including phenoxy) is 4. The number of halogens is 2. The van der Waals surface area contributed by atoms with Crippen molar-refractivity contribution < 1.29 is 36.7 Å². The minimum absolute atomic E-state index is 0.00396. The molecule has 0 aliphatic carbocycles. The standard InChI is InChI=1S/C14H22O5S.C7H16O3.CH2Cl2/c1-3-8-17-9-10-18-11-12-19-20(15,16)14-6-4-13(2)5-7-14;1-2-4-9-6-7-10-5-3-8;2-1-3/h4-7H,3,8-12H2,1-2H3;8H,2-7H2,1H3;1H2. The van der Waals surface area contributed by atoms with Crippen LogP contribution in [0, 0.1) is 6.92 Å². The lowest BCUT2D eigenvalue weighted by atomic mass is 10.2. The Bertz CT molecular complexity index is 607. The number of benzene rings is 1. The Hall–Kier alpha value is -0.490. The van der Waals surface area contributed by atoms with Gasteiger partial charge in [-0.05, 0) is 31.9 Å². The second-order valence-corrected chi connectivity index (χ2v) is 8.79. The maximum absolute atomic E-state index is 11.8. The average Bonchev–Trinajstić information content (AvgIpc) is 2.79. The highest BCUT2D eigenvalue weighted by molar-refractivity contribution is 7.86. The van der Waals surface area contributed by atoms with Crippen molar-refractivity contribution in [2.75, 3.05) is 71.4 Å². The Morgan fingerprint density at radius 2 is 1.12 bits per heavy atom. The van der Waals surface area contributed by atoms with Gasteiger partial charge in [0.05, 0.1) is 63.1 Å². The minimum Gasteiger partial charge on any atom is -0.394 e. The van der Waals surface area contributed by atoms with Gasteiger partial charge < -0.3 is 24.1 Å². The molecule has 0 fully saturated rings. The number of aliphatic hydroxyl groups excluding tert-OH is 1. The number of rotatable bonds is 17. The Morgan fingerprint density at radius 1 is 0.727 bits per heavy atom. The number of hydrogen-bond donors (Lipinski definition) is 1. The van der Waals surface area contributed by atoms with Gasteiger partial charge in [0, 0.05) is 13.2 Å². The normalized spacial score (nSPS) is 10.7. The average molecular weight is 536 g/mol. The fourth-order valence-electron chi connectivity index (χ4n) is 1.97. The van der Waals surface area contributed by atoms with E-state index >= 15 is 0 Å². The molecule has 0 aliphatic rings. The largest absolute Gasteiger partial charge is 0.394 e. The molecule has 1 aromatic rings. The van der Waals surface area contributed by atoms with E-state index in [2.05, 4.69) is 6.92 Å². The maximum Gasteiger partial charge on any atom is 0.297 e. The number of hydrogen-bond acceptors (Lipinski definition) is 8. The van der Waals surface area contributed by atoms with Gasteiger partial charge >= 0.3 is 0 Å². The SMILES string of the molecule is CCCOCCOCCO.CCCOCCOCCOS(=O)(=O)c1ccc(C)cc1.ClCCl. The summed E-state index contributed by atoms with van der Waals surface area (Å²) in [4.78, 5) is 0.161. The van der Waals surface area contributed by atoms with Gasteiger partial charge in [-0.2, -0.15) is 8.42 Å². The summed E-state index contributed by atoms with van der Waals surface area (Å²) in [5, 5.41) is 8.50. The second-order valence-electron chi connectivity index (χ2n) is 6.36. The van der Waals surface area contributed by atoms with Crippen molar-refractivity contribution in [1.82, 2.24) is 0 Å². The van der Waals surface area contributed by atoms with Crippen LogP contribution in [0.25, 0.3) is 0 Å². The van der Waals surface area contributed by atoms with Gasteiger partial charge in [-0.15, -0.1) is 23.2 Å². The third-order valence-corrected chi connectivity index (χ3v) is 4.78. The van der Waals surface area contributed by atoms with E-state index in [1.165, 1.54) is 12.1 Å². The van der Waals surface area contributed by atoms with E-state index in [0.717, 1.165) is 25.0 Å². The van der Waals surface area contributed by atoms with Gasteiger partial charge in [-0.3, -0.25) is 4.18 Å². The van der Waals surface area contributed by atoms with Crippen LogP contribution in [-0.4, -0.2) is 84.9 Å². The van der Waals surface area contributed by atoms with Gasteiger partial charge in [0.25, 0.3) is 10.1 Å². The summed E-state index contributed by atoms with van der Waals surface area (Å²) in [5.41, 5.74) is 0.999. The Balaban J connectivity index is 0. The molecule has 196 valence electrons. The molecule has 0 aromatic heterocycles. The van der Waals surface area contributed by atoms with Crippen molar-refractivity contribution in [3.8, 4) is 0 Å². The van der Waals surface area contributed by atoms with E-state index in [1.54, 1.807) is 12.1 Å². The molecule has 0 saturated carbocycles. The van der Waals surface area contributed by atoms with Gasteiger partial charge in [0.1, 0.15) is 0 Å². The summed E-state index contributed by atoms with van der Waals surface area (Å²) in [7, 11) is -3.69. The fraction of sp³-hybridized carbons (Fsp3) is 0.727. The van der Waals surface area contributed by atoms with Crippen LogP contribution >= 0.6 is 23.2 Å². The van der Waals surface area contributed by atoms with Crippen molar-refractivity contribution in [2.24, 2.45) is 0 Å². The summed E-state index contributed by atoms with van der Waals surface area (Å²) < 4.78 is 49.0. The van der Waals surface area contributed by atoms with Crippen LogP contribution in [-0.2, 0) is 33.2 Å². The fourth-order valence-corrected chi connectivity index (χ4v) is 2.87. The number of alkyl halides is 2. The molecule has 0 aliphatic heterocycles. The first-order chi connectivity index (χ1) is 15.9. The maximum atomic E-state index is 11.8. The number of aliphatic hydroxyl groups is 1. The molecular formula is C22H40Cl2O8S. The molecule has 0 saturated heterocycles. The summed E-state index contributed by atoms with van der Waals surface area (Å²) in [6, 6.07) is 6.53. The van der Waals surface area contributed by atoms with Crippen LogP contribution in [0.1, 0.15) is 32.3 Å². The van der Waals surface area contributed by atoms with Gasteiger partial charge in [-0.25, -0.2) is 0 Å². The topological polar surface area (TPSA) is 101 Å². The van der Waals surface area contributed by atoms with E-state index in [0.29, 0.717) is 39.6 Å². The van der Waals surface area contributed by atoms with E-state index in [-0.39, 0.29) is 30.1 Å². The molecule has 1 aromatic carbocycles. The van der Waals surface area contributed by atoms with Gasteiger partial charge in [0.2, 0.25) is 0 Å². The molecule has 0 radical (unpaired) electrons. The second kappa shape index (κ2) is 26.1. The lowest BCUT2D eigenvalue weighted by molar-refractivity contribution is 0.0333. The zero-order valence-electron chi connectivity index (χ0n) is 20.0. The molecule has 0 bridgehead atoms.